The average molecular weight is 608 g/mol. The van der Waals surface area contributed by atoms with Crippen molar-refractivity contribution >= 4 is 24.7 Å². The molecule has 2 saturated carbocycles. The molecule has 2 amide bonds. The summed E-state index contributed by atoms with van der Waals surface area (Å²) in [6, 6.07) is 5.41. The Balaban J connectivity index is 1.22. The zero-order chi connectivity index (χ0) is 30.6. The number of rotatable bonds is 11. The van der Waals surface area contributed by atoms with Gasteiger partial charge in [-0.1, -0.05) is 0 Å². The molecule has 1 aromatic carbocycles. The molecule has 0 radical (unpaired) electrons. The summed E-state index contributed by atoms with van der Waals surface area (Å²) in [7, 11) is 1.50. The average Bonchev–Trinajstić information content (AvgIpc) is 3.60. The molecular weight excluding hydrogens is 561 g/mol. The number of nitriles is 1. The second-order valence-electron chi connectivity index (χ2n) is 14.7. The molecule has 3 heterocycles. The molecular formula is C34H46N3O5P. The van der Waals surface area contributed by atoms with Crippen molar-refractivity contribution in [3.63, 3.8) is 0 Å². The molecule has 2 aliphatic carbocycles. The minimum atomic E-state index is -2.53. The van der Waals surface area contributed by atoms with Crippen LogP contribution in [0.5, 0.6) is 11.5 Å². The van der Waals surface area contributed by atoms with E-state index in [4.69, 9.17) is 9.47 Å². The Kier molecular flexibility index (Phi) is 7.44. The van der Waals surface area contributed by atoms with Crippen LogP contribution in [0.4, 0.5) is 0 Å². The van der Waals surface area contributed by atoms with E-state index in [0.717, 1.165) is 57.3 Å². The van der Waals surface area contributed by atoms with Crippen molar-refractivity contribution in [3.05, 3.63) is 35.4 Å². The number of ether oxygens (including phenoxy) is 2. The van der Waals surface area contributed by atoms with Gasteiger partial charge in [0.25, 0.3) is 0 Å². The zero-order valence-corrected chi connectivity index (χ0v) is 26.9. The number of carbonyl (C=O) groups is 3. The molecule has 43 heavy (non-hydrogen) atoms. The first-order chi connectivity index (χ1) is 20.5. The molecule has 5 aliphatic rings. The Bertz CT molecular complexity index is 1410. The molecule has 6 rings (SSSR count). The van der Waals surface area contributed by atoms with Gasteiger partial charge in [-0.3, -0.25) is 0 Å². The van der Waals surface area contributed by atoms with E-state index in [1.165, 1.54) is 13.5 Å². The van der Waals surface area contributed by atoms with Crippen LogP contribution in [-0.4, -0.2) is 67.3 Å². The number of allylic oxidation sites excluding steroid dienone is 1. The summed E-state index contributed by atoms with van der Waals surface area (Å²) in [4.78, 5) is 39.3. The van der Waals surface area contributed by atoms with E-state index in [1.807, 2.05) is 6.92 Å². The monoisotopic (exact) mass is 607 g/mol. The molecule has 2 saturated heterocycles. The molecule has 4 fully saturated rings. The van der Waals surface area contributed by atoms with Gasteiger partial charge in [-0.15, -0.1) is 0 Å². The predicted molar refractivity (Wildman–Crippen MR) is 168 cm³/mol. The van der Waals surface area contributed by atoms with Crippen molar-refractivity contribution in [2.75, 3.05) is 26.0 Å². The summed E-state index contributed by atoms with van der Waals surface area (Å²) in [5, 5.41) is 16.6. The number of fused-ring (bicyclic) bond motifs is 1. The molecule has 3 aliphatic heterocycles. The van der Waals surface area contributed by atoms with Gasteiger partial charge in [0.1, 0.15) is 0 Å². The van der Waals surface area contributed by atoms with Crippen LogP contribution in [0.15, 0.2) is 24.3 Å². The van der Waals surface area contributed by atoms with Crippen LogP contribution in [-0.2, 0) is 9.59 Å². The number of hydrogen-bond acceptors (Lipinski definition) is 6. The van der Waals surface area contributed by atoms with Crippen molar-refractivity contribution < 1.29 is 23.9 Å². The summed E-state index contributed by atoms with van der Waals surface area (Å²) in [6.07, 6.45) is 14.9. The van der Waals surface area contributed by atoms with Gasteiger partial charge in [0.2, 0.25) is 0 Å². The molecule has 4 atom stereocenters. The fraction of sp³-hybridized carbons (Fsp3) is 0.647. The van der Waals surface area contributed by atoms with Crippen LogP contribution in [0.3, 0.4) is 0 Å². The quantitative estimate of drug-likeness (QED) is 0.199. The van der Waals surface area contributed by atoms with Crippen LogP contribution in [0, 0.1) is 28.1 Å². The number of hydrogen-bond donors (Lipinski definition) is 2. The Morgan fingerprint density at radius 2 is 1.88 bits per heavy atom. The number of nitrogens with one attached hydrogen (secondary N) is 2. The SMILES string of the molecule is CCCP123C[C@H](C=C[C@H]1[C@H]2NC(=O)c1cc(O[C@H]2CC[C@@](C)(C=O)CC2)c(C#N)cc1OC)[C@@H]3C(=O)NCC1(C)CCC1. The second-order valence-corrected chi connectivity index (χ2v) is 20.8. The topological polar surface area (TPSA) is 118 Å². The van der Waals surface area contributed by atoms with Gasteiger partial charge in [0.05, 0.1) is 0 Å². The molecule has 232 valence electrons. The molecule has 8 nitrogen and oxygen atoms in total. The third kappa shape index (κ3) is 4.60. The van der Waals surface area contributed by atoms with Gasteiger partial charge in [0.15, 0.2) is 0 Å². The fourth-order valence-electron chi connectivity index (χ4n) is 9.15. The number of aldehydes is 1. The van der Waals surface area contributed by atoms with Crippen molar-refractivity contribution in [2.45, 2.75) is 95.3 Å². The van der Waals surface area contributed by atoms with E-state index in [0.29, 0.717) is 35.5 Å². The number of amides is 2. The molecule has 0 unspecified atom stereocenters. The molecule has 2 N–H and O–H groups in total. The second kappa shape index (κ2) is 10.6. The summed E-state index contributed by atoms with van der Waals surface area (Å²) in [6.45, 7) is 4.62. The van der Waals surface area contributed by atoms with E-state index >= 15 is 0 Å². The summed E-state index contributed by atoms with van der Waals surface area (Å²) < 4.78 is 11.9. The predicted octanol–water partition coefficient (Wildman–Crippen LogP) is 5.37. The Morgan fingerprint density at radius 3 is 2.49 bits per heavy atom. The van der Waals surface area contributed by atoms with Crippen LogP contribution in [0.1, 0.15) is 88.1 Å². The molecule has 1 aromatic rings. The van der Waals surface area contributed by atoms with Crippen LogP contribution in [0.25, 0.3) is 0 Å². The van der Waals surface area contributed by atoms with Gasteiger partial charge in [-0.05, 0) is 0 Å². The minimum absolute atomic E-state index is 0.0139. The molecule has 0 aromatic heterocycles. The van der Waals surface area contributed by atoms with Gasteiger partial charge < -0.3 is 4.79 Å². The van der Waals surface area contributed by atoms with E-state index in [-0.39, 0.29) is 51.8 Å². The van der Waals surface area contributed by atoms with Crippen molar-refractivity contribution in [3.8, 4) is 17.6 Å². The van der Waals surface area contributed by atoms with Crippen molar-refractivity contribution in [2.24, 2.45) is 16.7 Å². The Morgan fingerprint density at radius 1 is 1.14 bits per heavy atom. The van der Waals surface area contributed by atoms with Crippen LogP contribution < -0.4 is 20.1 Å². The van der Waals surface area contributed by atoms with Gasteiger partial charge in [0, 0.05) is 0 Å². The maximum absolute atomic E-state index is 14.0. The van der Waals surface area contributed by atoms with E-state index in [1.54, 1.807) is 12.1 Å². The maximum atomic E-state index is 14.0. The van der Waals surface area contributed by atoms with E-state index < -0.39 is 6.60 Å². The summed E-state index contributed by atoms with van der Waals surface area (Å²) >= 11 is 0. The first kappa shape index (κ1) is 30.1. The summed E-state index contributed by atoms with van der Waals surface area (Å²) in [5.41, 5.74) is 0.760. The Hall–Kier alpha value is -2.91. The fourth-order valence-corrected chi connectivity index (χ4v) is 18.7. The van der Waals surface area contributed by atoms with Crippen molar-refractivity contribution in [1.29, 1.82) is 5.26 Å². The Labute approximate surface area is 255 Å². The third-order valence-electron chi connectivity index (χ3n) is 11.9. The molecule has 2 bridgehead atoms. The van der Waals surface area contributed by atoms with Gasteiger partial charge in [-0.25, -0.2) is 0 Å². The standard InChI is InChI=1S/C34H46N3O5P/c1-5-15-43-19-22(29(43)31(40)36-20-33(2)11-6-12-33)7-8-28(43)32(43)37-30(39)25-17-26(23(18-35)16-27(25)41-4)42-24-9-13-34(3,21-38)14-10-24/h7-8,16-17,21-22,24,28-29,32H,5-6,9-15,19-20H2,1-4H3,(H,36,40)(H,37,39)/t22-,24-,28-,29+,32-,34+/m0/s1. The van der Waals surface area contributed by atoms with Crippen LogP contribution in [0.2, 0.25) is 0 Å². The number of carbonyl (C=O) groups excluding carboxylic acids is 3. The van der Waals surface area contributed by atoms with E-state index in [9.17, 15) is 19.6 Å². The number of methoxy groups -OCH3 is 1. The first-order valence-electron chi connectivity index (χ1n) is 16.1. The van der Waals surface area contributed by atoms with Gasteiger partial charge >= 0.3 is 251 Å². The van der Waals surface area contributed by atoms with E-state index in [2.05, 4.69) is 42.7 Å². The normalized spacial score (nSPS) is 34.3. The molecule has 9 heteroatoms. The van der Waals surface area contributed by atoms with Crippen molar-refractivity contribution in [1.82, 2.24) is 10.6 Å². The first-order valence-corrected chi connectivity index (χ1v) is 18.9. The summed E-state index contributed by atoms with van der Waals surface area (Å²) in [5.74, 6) is 0.868. The third-order valence-corrected chi connectivity index (χ3v) is 20.4. The number of nitrogens with zero attached hydrogens (tertiary/aromatic N) is 1. The van der Waals surface area contributed by atoms with Crippen LogP contribution >= 0.6 is 6.60 Å². The molecule has 1 spiro atoms. The van der Waals surface area contributed by atoms with Gasteiger partial charge in [-0.2, -0.15) is 0 Å². The number of benzene rings is 1. The zero-order valence-electron chi connectivity index (χ0n) is 26.0.